The molecule has 1 aliphatic heterocycles. The smallest absolute Gasteiger partial charge is 0.336 e. The fraction of sp³-hybridized carbons (Fsp3) is 0.333. The van der Waals surface area contributed by atoms with Gasteiger partial charge in [0.15, 0.2) is 5.78 Å². The van der Waals surface area contributed by atoms with Crippen LogP contribution < -0.4 is 5.32 Å². The standard InChI is InChI=1S/C27H28ClNO3/c1-16(2)15-32-27(31)24-17(3)29-22-13-20(18-8-5-4-6-9-18)14-23(30)26(22)25(24)19-10-7-11-21(28)12-19/h4-12,16,20,25,29H,13-15H2,1-3H3/t20-,25-/m0/s1. The Bertz CT molecular complexity index is 1100. The van der Waals surface area contributed by atoms with Crippen LogP contribution in [0.25, 0.3) is 0 Å². The molecule has 0 fully saturated rings. The van der Waals surface area contributed by atoms with E-state index in [0.717, 1.165) is 22.5 Å². The summed E-state index contributed by atoms with van der Waals surface area (Å²) >= 11 is 6.30. The van der Waals surface area contributed by atoms with Gasteiger partial charge in [-0.1, -0.05) is 67.9 Å². The van der Waals surface area contributed by atoms with Crippen LogP contribution in [-0.4, -0.2) is 18.4 Å². The number of carbonyl (C=O) groups is 2. The summed E-state index contributed by atoms with van der Waals surface area (Å²) in [6.07, 6.45) is 1.13. The summed E-state index contributed by atoms with van der Waals surface area (Å²) in [5, 5.41) is 3.96. The Morgan fingerprint density at radius 3 is 2.50 bits per heavy atom. The third-order valence-electron chi connectivity index (χ3n) is 6.05. The van der Waals surface area contributed by atoms with E-state index < -0.39 is 11.9 Å². The molecule has 4 nitrogen and oxygen atoms in total. The highest BCUT2D eigenvalue weighted by atomic mass is 35.5. The van der Waals surface area contributed by atoms with Gasteiger partial charge in [-0.2, -0.15) is 0 Å². The predicted molar refractivity (Wildman–Crippen MR) is 126 cm³/mol. The molecule has 0 aromatic heterocycles. The molecular formula is C27H28ClNO3. The van der Waals surface area contributed by atoms with Crippen LogP contribution in [0.3, 0.4) is 0 Å². The van der Waals surface area contributed by atoms with Gasteiger partial charge in [0, 0.05) is 34.3 Å². The number of esters is 1. The van der Waals surface area contributed by atoms with E-state index in [-0.39, 0.29) is 17.6 Å². The van der Waals surface area contributed by atoms with E-state index in [1.165, 1.54) is 0 Å². The maximum Gasteiger partial charge on any atom is 0.336 e. The van der Waals surface area contributed by atoms with Crippen molar-refractivity contribution in [3.8, 4) is 0 Å². The Hall–Kier alpha value is -2.85. The molecule has 0 saturated carbocycles. The first-order chi connectivity index (χ1) is 15.3. The van der Waals surface area contributed by atoms with Gasteiger partial charge in [0.2, 0.25) is 0 Å². The molecule has 4 rings (SSSR count). The van der Waals surface area contributed by atoms with Crippen LogP contribution in [-0.2, 0) is 14.3 Å². The van der Waals surface area contributed by atoms with E-state index in [0.29, 0.717) is 35.6 Å². The zero-order valence-corrected chi connectivity index (χ0v) is 19.4. The van der Waals surface area contributed by atoms with Gasteiger partial charge in [-0.05, 0) is 48.4 Å². The molecule has 2 aromatic rings. The minimum atomic E-state index is -0.492. The topological polar surface area (TPSA) is 55.4 Å². The molecule has 2 aliphatic rings. The summed E-state index contributed by atoms with van der Waals surface area (Å²) in [6, 6.07) is 17.5. The molecule has 0 spiro atoms. The second-order valence-electron chi connectivity index (χ2n) is 8.98. The van der Waals surface area contributed by atoms with E-state index in [1.807, 2.05) is 57.2 Å². The van der Waals surface area contributed by atoms with Gasteiger partial charge >= 0.3 is 5.97 Å². The van der Waals surface area contributed by atoms with Crippen LogP contribution in [0.15, 0.2) is 77.1 Å². The van der Waals surface area contributed by atoms with Crippen molar-refractivity contribution in [3.05, 3.63) is 93.3 Å². The average molecular weight is 450 g/mol. The molecule has 1 heterocycles. The van der Waals surface area contributed by atoms with Crippen LogP contribution in [0.5, 0.6) is 0 Å². The molecule has 32 heavy (non-hydrogen) atoms. The number of rotatable bonds is 5. The highest BCUT2D eigenvalue weighted by Crippen LogP contribution is 2.46. The second-order valence-corrected chi connectivity index (χ2v) is 9.41. The van der Waals surface area contributed by atoms with Crippen molar-refractivity contribution in [2.45, 2.75) is 45.4 Å². The minimum Gasteiger partial charge on any atom is -0.462 e. The summed E-state index contributed by atoms with van der Waals surface area (Å²) in [5.74, 6) is -0.498. The lowest BCUT2D eigenvalue weighted by Gasteiger charge is -2.36. The lowest BCUT2D eigenvalue weighted by atomic mass is 9.72. The third kappa shape index (κ3) is 4.51. The summed E-state index contributed by atoms with van der Waals surface area (Å²) in [4.78, 5) is 26.7. The number of ether oxygens (including phenoxy) is 1. The van der Waals surface area contributed by atoms with E-state index >= 15 is 0 Å². The molecule has 166 valence electrons. The largest absolute Gasteiger partial charge is 0.462 e. The maximum absolute atomic E-state index is 13.5. The van der Waals surface area contributed by atoms with Crippen molar-refractivity contribution in [2.24, 2.45) is 5.92 Å². The van der Waals surface area contributed by atoms with Crippen LogP contribution >= 0.6 is 11.6 Å². The van der Waals surface area contributed by atoms with Crippen molar-refractivity contribution in [1.82, 2.24) is 5.32 Å². The second kappa shape index (κ2) is 9.33. The van der Waals surface area contributed by atoms with E-state index in [1.54, 1.807) is 6.07 Å². The first-order valence-corrected chi connectivity index (χ1v) is 11.4. The van der Waals surface area contributed by atoms with Crippen LogP contribution in [0.1, 0.15) is 56.6 Å². The molecule has 0 amide bonds. The minimum absolute atomic E-state index is 0.0549. The molecular weight excluding hydrogens is 422 g/mol. The monoisotopic (exact) mass is 449 g/mol. The molecule has 1 N–H and O–H groups in total. The lowest BCUT2D eigenvalue weighted by Crippen LogP contribution is -2.36. The van der Waals surface area contributed by atoms with E-state index in [4.69, 9.17) is 16.3 Å². The Morgan fingerprint density at radius 1 is 1.09 bits per heavy atom. The summed E-state index contributed by atoms with van der Waals surface area (Å²) in [7, 11) is 0. The number of dihydropyridines is 1. The van der Waals surface area contributed by atoms with Gasteiger partial charge < -0.3 is 10.1 Å². The number of Topliss-reactive ketones (excluding diaryl/α,β-unsaturated/α-hetero) is 1. The Labute approximate surface area is 194 Å². The summed E-state index contributed by atoms with van der Waals surface area (Å²) < 4.78 is 5.60. The molecule has 2 atom stereocenters. The molecule has 5 heteroatoms. The van der Waals surface area contributed by atoms with E-state index in [2.05, 4.69) is 17.4 Å². The van der Waals surface area contributed by atoms with Gasteiger partial charge in [-0.15, -0.1) is 0 Å². The Kier molecular flexibility index (Phi) is 6.52. The van der Waals surface area contributed by atoms with Gasteiger partial charge in [0.25, 0.3) is 0 Å². The average Bonchev–Trinajstić information content (AvgIpc) is 2.77. The van der Waals surface area contributed by atoms with Gasteiger partial charge in [-0.25, -0.2) is 4.79 Å². The van der Waals surface area contributed by atoms with Crippen molar-refractivity contribution >= 4 is 23.4 Å². The van der Waals surface area contributed by atoms with Crippen LogP contribution in [0.2, 0.25) is 5.02 Å². The number of hydrogen-bond donors (Lipinski definition) is 1. The summed E-state index contributed by atoms with van der Waals surface area (Å²) in [6.45, 7) is 6.20. The molecule has 0 saturated heterocycles. The quantitative estimate of drug-likeness (QED) is 0.577. The van der Waals surface area contributed by atoms with Gasteiger partial charge in [-0.3, -0.25) is 4.79 Å². The van der Waals surface area contributed by atoms with Crippen molar-refractivity contribution in [3.63, 3.8) is 0 Å². The zero-order chi connectivity index (χ0) is 22.8. The number of allylic oxidation sites excluding steroid dienone is 3. The Balaban J connectivity index is 1.77. The SMILES string of the molecule is CC1=C(C(=O)OCC(C)C)[C@H](c2cccc(Cl)c2)C2=C(C[C@H](c3ccccc3)CC2=O)N1. The molecule has 0 radical (unpaired) electrons. The van der Waals surface area contributed by atoms with Crippen molar-refractivity contribution in [1.29, 1.82) is 0 Å². The number of ketones is 1. The van der Waals surface area contributed by atoms with Crippen molar-refractivity contribution < 1.29 is 14.3 Å². The lowest BCUT2D eigenvalue weighted by molar-refractivity contribution is -0.140. The highest BCUT2D eigenvalue weighted by Gasteiger charge is 2.41. The molecule has 1 aliphatic carbocycles. The Morgan fingerprint density at radius 2 is 1.81 bits per heavy atom. The third-order valence-corrected chi connectivity index (χ3v) is 6.28. The number of carbonyl (C=O) groups excluding carboxylic acids is 2. The zero-order valence-electron chi connectivity index (χ0n) is 18.7. The normalized spacial score (nSPS) is 20.8. The number of hydrogen-bond acceptors (Lipinski definition) is 4. The predicted octanol–water partition coefficient (Wildman–Crippen LogP) is 5.90. The fourth-order valence-electron chi connectivity index (χ4n) is 4.61. The van der Waals surface area contributed by atoms with Gasteiger partial charge in [0.05, 0.1) is 12.2 Å². The summed E-state index contributed by atoms with van der Waals surface area (Å²) in [5.41, 5.74) is 4.73. The first-order valence-electron chi connectivity index (χ1n) is 11.1. The fourth-order valence-corrected chi connectivity index (χ4v) is 4.81. The number of halogens is 1. The van der Waals surface area contributed by atoms with Crippen molar-refractivity contribution in [2.75, 3.05) is 6.61 Å². The van der Waals surface area contributed by atoms with E-state index in [9.17, 15) is 9.59 Å². The van der Waals surface area contributed by atoms with Crippen LogP contribution in [0.4, 0.5) is 0 Å². The maximum atomic E-state index is 13.5. The van der Waals surface area contributed by atoms with Gasteiger partial charge in [0.1, 0.15) is 0 Å². The number of nitrogens with one attached hydrogen (secondary N) is 1. The molecule has 2 aromatic carbocycles. The molecule has 0 unspecified atom stereocenters. The van der Waals surface area contributed by atoms with Crippen LogP contribution in [0, 0.1) is 5.92 Å². The first kappa shape index (κ1) is 22.3. The highest BCUT2D eigenvalue weighted by molar-refractivity contribution is 6.30. The number of benzene rings is 2. The molecule has 0 bridgehead atoms.